The minimum atomic E-state index is -0.124. The van der Waals surface area contributed by atoms with Gasteiger partial charge in [0.05, 0.1) is 11.7 Å². The first kappa shape index (κ1) is 13.7. The highest BCUT2D eigenvalue weighted by Crippen LogP contribution is 2.42. The highest BCUT2D eigenvalue weighted by Gasteiger charge is 2.42. The van der Waals surface area contributed by atoms with Crippen molar-refractivity contribution >= 4 is 11.8 Å². The van der Waals surface area contributed by atoms with Crippen molar-refractivity contribution in [2.45, 2.75) is 57.7 Å². The van der Waals surface area contributed by atoms with Crippen molar-refractivity contribution in [3.05, 3.63) is 0 Å². The van der Waals surface area contributed by atoms with Crippen LogP contribution in [0.1, 0.15) is 46.0 Å². The fourth-order valence-electron chi connectivity index (χ4n) is 3.31. The summed E-state index contributed by atoms with van der Waals surface area (Å²) >= 11 is 2.01. The average Bonchev–Trinajstić information content (AvgIpc) is 2.76. The SMILES string of the molecule is CCCC(C)C(O)C1CCOC2(CCSC2)C1. The van der Waals surface area contributed by atoms with Gasteiger partial charge in [0.2, 0.25) is 0 Å². The number of rotatable bonds is 4. The number of hydrogen-bond donors (Lipinski definition) is 1. The van der Waals surface area contributed by atoms with Gasteiger partial charge in [-0.05, 0) is 43.3 Å². The van der Waals surface area contributed by atoms with E-state index in [1.54, 1.807) is 0 Å². The van der Waals surface area contributed by atoms with E-state index in [-0.39, 0.29) is 11.7 Å². The Morgan fingerprint density at radius 2 is 2.35 bits per heavy atom. The van der Waals surface area contributed by atoms with E-state index in [9.17, 15) is 5.11 Å². The first-order valence-electron chi connectivity index (χ1n) is 7.06. The Morgan fingerprint density at radius 3 is 3.00 bits per heavy atom. The molecule has 0 saturated carbocycles. The van der Waals surface area contributed by atoms with E-state index in [0.717, 1.165) is 31.6 Å². The molecule has 2 aliphatic heterocycles. The van der Waals surface area contributed by atoms with Crippen LogP contribution < -0.4 is 0 Å². The topological polar surface area (TPSA) is 29.5 Å². The van der Waals surface area contributed by atoms with Crippen LogP contribution in [0.2, 0.25) is 0 Å². The van der Waals surface area contributed by atoms with E-state index in [4.69, 9.17) is 4.74 Å². The summed E-state index contributed by atoms with van der Waals surface area (Å²) in [6, 6.07) is 0. The lowest BCUT2D eigenvalue weighted by Crippen LogP contribution is -2.44. The van der Waals surface area contributed by atoms with Crippen LogP contribution in [-0.2, 0) is 4.74 Å². The van der Waals surface area contributed by atoms with Crippen LogP contribution in [0.25, 0.3) is 0 Å². The number of aliphatic hydroxyl groups is 1. The maximum absolute atomic E-state index is 10.5. The van der Waals surface area contributed by atoms with E-state index < -0.39 is 0 Å². The molecule has 0 radical (unpaired) electrons. The standard InChI is InChI=1S/C14H26O2S/c1-3-4-11(2)13(15)12-5-7-16-14(9-12)6-8-17-10-14/h11-13,15H,3-10H2,1-2H3. The summed E-state index contributed by atoms with van der Waals surface area (Å²) in [6.07, 6.45) is 5.49. The summed E-state index contributed by atoms with van der Waals surface area (Å²) < 4.78 is 6.01. The fraction of sp³-hybridized carbons (Fsp3) is 1.00. The molecule has 0 aliphatic carbocycles. The van der Waals surface area contributed by atoms with E-state index in [0.29, 0.717) is 11.8 Å². The van der Waals surface area contributed by atoms with Gasteiger partial charge in [0, 0.05) is 12.4 Å². The average molecular weight is 258 g/mol. The molecular weight excluding hydrogens is 232 g/mol. The van der Waals surface area contributed by atoms with Gasteiger partial charge in [-0.3, -0.25) is 0 Å². The predicted molar refractivity (Wildman–Crippen MR) is 73.4 cm³/mol. The molecule has 100 valence electrons. The zero-order valence-corrected chi connectivity index (χ0v) is 12.0. The van der Waals surface area contributed by atoms with Crippen LogP contribution in [0.15, 0.2) is 0 Å². The monoisotopic (exact) mass is 258 g/mol. The maximum atomic E-state index is 10.5. The van der Waals surface area contributed by atoms with E-state index in [1.807, 2.05) is 11.8 Å². The molecule has 0 aromatic carbocycles. The third kappa shape index (κ3) is 3.18. The van der Waals surface area contributed by atoms with Crippen LogP contribution in [0.3, 0.4) is 0 Å². The first-order valence-corrected chi connectivity index (χ1v) is 8.22. The summed E-state index contributed by atoms with van der Waals surface area (Å²) in [7, 11) is 0. The first-order chi connectivity index (χ1) is 8.17. The van der Waals surface area contributed by atoms with Crippen molar-refractivity contribution in [1.82, 2.24) is 0 Å². The number of ether oxygens (including phenoxy) is 1. The summed E-state index contributed by atoms with van der Waals surface area (Å²) in [4.78, 5) is 0. The Labute approximate surface area is 110 Å². The molecule has 1 spiro atoms. The van der Waals surface area contributed by atoms with Gasteiger partial charge in [0.1, 0.15) is 0 Å². The van der Waals surface area contributed by atoms with Gasteiger partial charge in [-0.1, -0.05) is 20.3 Å². The Bertz CT molecular complexity index is 238. The van der Waals surface area contributed by atoms with Gasteiger partial charge in [0.15, 0.2) is 0 Å². The second-order valence-electron chi connectivity index (χ2n) is 5.84. The lowest BCUT2D eigenvalue weighted by atomic mass is 9.78. The lowest BCUT2D eigenvalue weighted by Gasteiger charge is -2.40. The van der Waals surface area contributed by atoms with Gasteiger partial charge in [-0.2, -0.15) is 11.8 Å². The van der Waals surface area contributed by atoms with Gasteiger partial charge in [0.25, 0.3) is 0 Å². The minimum absolute atomic E-state index is 0.112. The molecule has 1 N–H and O–H groups in total. The predicted octanol–water partition coefficient (Wildman–Crippen LogP) is 3.09. The van der Waals surface area contributed by atoms with E-state index >= 15 is 0 Å². The van der Waals surface area contributed by atoms with Crippen LogP contribution in [0.4, 0.5) is 0 Å². The molecular formula is C14H26O2S. The number of thioether (sulfide) groups is 1. The Morgan fingerprint density at radius 1 is 1.53 bits per heavy atom. The highest BCUT2D eigenvalue weighted by molar-refractivity contribution is 7.99. The largest absolute Gasteiger partial charge is 0.393 e. The van der Waals surface area contributed by atoms with Crippen LogP contribution in [0, 0.1) is 11.8 Å². The molecule has 0 bridgehead atoms. The number of hydrogen-bond acceptors (Lipinski definition) is 3. The molecule has 17 heavy (non-hydrogen) atoms. The lowest BCUT2D eigenvalue weighted by molar-refractivity contribution is -0.108. The van der Waals surface area contributed by atoms with Gasteiger partial charge < -0.3 is 9.84 Å². The van der Waals surface area contributed by atoms with Gasteiger partial charge in [-0.15, -0.1) is 0 Å². The zero-order valence-electron chi connectivity index (χ0n) is 11.2. The summed E-state index contributed by atoms with van der Waals surface area (Å²) in [6.45, 7) is 5.24. The molecule has 2 aliphatic rings. The van der Waals surface area contributed by atoms with Crippen molar-refractivity contribution in [2.75, 3.05) is 18.1 Å². The third-order valence-electron chi connectivity index (χ3n) is 4.41. The fourth-order valence-corrected chi connectivity index (χ4v) is 4.69. The highest BCUT2D eigenvalue weighted by atomic mass is 32.2. The number of aliphatic hydroxyl groups excluding tert-OH is 1. The van der Waals surface area contributed by atoms with Crippen molar-refractivity contribution in [1.29, 1.82) is 0 Å². The molecule has 0 aromatic rings. The molecule has 0 amide bonds. The Balaban J connectivity index is 1.92. The van der Waals surface area contributed by atoms with Crippen molar-refractivity contribution in [3.63, 3.8) is 0 Å². The second kappa shape index (κ2) is 5.94. The third-order valence-corrected chi connectivity index (χ3v) is 5.63. The summed E-state index contributed by atoms with van der Waals surface area (Å²) in [5, 5.41) is 10.5. The minimum Gasteiger partial charge on any atom is -0.393 e. The molecule has 0 aromatic heterocycles. The van der Waals surface area contributed by atoms with Crippen LogP contribution >= 0.6 is 11.8 Å². The molecule has 2 nitrogen and oxygen atoms in total. The molecule has 2 saturated heterocycles. The summed E-state index contributed by atoms with van der Waals surface area (Å²) in [5.41, 5.74) is 0.112. The molecule has 2 rings (SSSR count). The van der Waals surface area contributed by atoms with Crippen LogP contribution in [-0.4, -0.2) is 34.9 Å². The van der Waals surface area contributed by atoms with E-state index in [2.05, 4.69) is 13.8 Å². The van der Waals surface area contributed by atoms with Gasteiger partial charge in [-0.25, -0.2) is 0 Å². The molecule has 2 heterocycles. The Kier molecular flexibility index (Phi) is 4.79. The molecule has 4 atom stereocenters. The van der Waals surface area contributed by atoms with Crippen molar-refractivity contribution in [2.24, 2.45) is 11.8 Å². The van der Waals surface area contributed by atoms with Crippen LogP contribution in [0.5, 0.6) is 0 Å². The van der Waals surface area contributed by atoms with Crippen molar-refractivity contribution in [3.8, 4) is 0 Å². The molecule has 4 unspecified atom stereocenters. The van der Waals surface area contributed by atoms with E-state index in [1.165, 1.54) is 18.6 Å². The molecule has 2 fully saturated rings. The normalized spacial score (nSPS) is 37.2. The quantitative estimate of drug-likeness (QED) is 0.840. The smallest absolute Gasteiger partial charge is 0.0783 e. The summed E-state index contributed by atoms with van der Waals surface area (Å²) in [5.74, 6) is 3.27. The second-order valence-corrected chi connectivity index (χ2v) is 6.95. The van der Waals surface area contributed by atoms with Crippen molar-refractivity contribution < 1.29 is 9.84 Å². The zero-order chi connectivity index (χ0) is 12.3. The maximum Gasteiger partial charge on any atom is 0.0783 e. The Hall–Kier alpha value is 0.270. The molecule has 3 heteroatoms. The van der Waals surface area contributed by atoms with Gasteiger partial charge >= 0.3 is 0 Å².